The Balaban J connectivity index is 1.63. The van der Waals surface area contributed by atoms with Crippen LogP contribution in [0.25, 0.3) is 0 Å². The van der Waals surface area contributed by atoms with E-state index < -0.39 is 6.09 Å². The van der Waals surface area contributed by atoms with Gasteiger partial charge in [-0.15, -0.1) is 0 Å². The van der Waals surface area contributed by atoms with Crippen molar-refractivity contribution in [2.75, 3.05) is 19.7 Å². The lowest BCUT2D eigenvalue weighted by Gasteiger charge is -2.30. The maximum Gasteiger partial charge on any atom is 0.407 e. The topological polar surface area (TPSA) is 107 Å². The molecule has 1 N–H and O–H groups in total. The van der Waals surface area contributed by atoms with E-state index in [1.54, 1.807) is 0 Å². The van der Waals surface area contributed by atoms with E-state index in [1.807, 2.05) is 39.8 Å². The minimum atomic E-state index is -0.894. The average Bonchev–Trinajstić information content (AvgIpc) is 2.73. The molecule has 9 heteroatoms. The van der Waals surface area contributed by atoms with Gasteiger partial charge in [0, 0.05) is 38.0 Å². The molecule has 3 rings (SSSR count). The third-order valence-corrected chi connectivity index (χ3v) is 5.09. The van der Waals surface area contributed by atoms with Gasteiger partial charge in [0.15, 0.2) is 5.75 Å². The number of likely N-dealkylation sites (tertiary alicyclic amines) is 1. The second-order valence-electron chi connectivity index (χ2n) is 7.85. The maximum atomic E-state index is 11.1. The second-order valence-corrected chi connectivity index (χ2v) is 7.85. The van der Waals surface area contributed by atoms with Crippen molar-refractivity contribution in [3.63, 3.8) is 0 Å². The monoisotopic (exact) mass is 430 g/mol. The normalized spacial score (nSPS) is 14.7. The van der Waals surface area contributed by atoms with E-state index in [9.17, 15) is 4.79 Å². The van der Waals surface area contributed by atoms with Crippen LogP contribution < -0.4 is 9.47 Å². The number of amides is 1. The van der Waals surface area contributed by atoms with Crippen molar-refractivity contribution in [1.29, 1.82) is 0 Å². The number of piperidine rings is 1. The summed E-state index contributed by atoms with van der Waals surface area (Å²) in [7, 11) is 0. The third kappa shape index (κ3) is 6.27. The number of aryl methyl sites for hydroxylation is 1. The standard InChI is InChI=1S/C22H30N4O5/c1-14(2)29-12-9-17-5-6-19(16(4)25-17)31-21-15(3)20(23-13-24-21)30-18-7-10-26(11-8-18)22(27)28/h5-6,13-14,18H,7-12H2,1-4H3,(H,27,28). The van der Waals surface area contributed by atoms with Gasteiger partial charge in [-0.2, -0.15) is 0 Å². The summed E-state index contributed by atoms with van der Waals surface area (Å²) in [5, 5.41) is 9.08. The SMILES string of the molecule is Cc1nc(CCOC(C)C)ccc1Oc1ncnc(OC2CCN(C(=O)O)CC2)c1C. The molecule has 0 bridgehead atoms. The van der Waals surface area contributed by atoms with Crippen LogP contribution in [0, 0.1) is 13.8 Å². The summed E-state index contributed by atoms with van der Waals surface area (Å²) in [5.41, 5.74) is 2.40. The Bertz CT molecular complexity index is 897. The zero-order chi connectivity index (χ0) is 22.4. The van der Waals surface area contributed by atoms with Gasteiger partial charge in [-0.25, -0.2) is 14.8 Å². The number of pyridine rings is 1. The molecule has 9 nitrogen and oxygen atoms in total. The number of nitrogens with zero attached hydrogens (tertiary/aromatic N) is 4. The molecule has 1 saturated heterocycles. The molecular weight excluding hydrogens is 400 g/mol. The summed E-state index contributed by atoms with van der Waals surface area (Å²) in [6.45, 7) is 9.29. The lowest BCUT2D eigenvalue weighted by atomic mass is 10.1. The Morgan fingerprint density at radius 2 is 1.90 bits per heavy atom. The van der Waals surface area contributed by atoms with Gasteiger partial charge >= 0.3 is 6.09 Å². The van der Waals surface area contributed by atoms with Crippen LogP contribution in [0.2, 0.25) is 0 Å². The fourth-order valence-electron chi connectivity index (χ4n) is 3.31. The number of ether oxygens (including phenoxy) is 3. The Hall–Kier alpha value is -2.94. The first-order valence-electron chi connectivity index (χ1n) is 10.6. The van der Waals surface area contributed by atoms with Gasteiger partial charge in [-0.3, -0.25) is 4.98 Å². The van der Waals surface area contributed by atoms with Gasteiger partial charge in [0.2, 0.25) is 11.8 Å². The Kier molecular flexibility index (Phi) is 7.62. The molecular formula is C22H30N4O5. The lowest BCUT2D eigenvalue weighted by molar-refractivity contribution is 0.0808. The molecule has 1 aliphatic heterocycles. The van der Waals surface area contributed by atoms with Crippen LogP contribution in [0.1, 0.15) is 43.6 Å². The van der Waals surface area contributed by atoms with Crippen molar-refractivity contribution in [3.8, 4) is 17.5 Å². The third-order valence-electron chi connectivity index (χ3n) is 5.09. The summed E-state index contributed by atoms with van der Waals surface area (Å²) in [4.78, 5) is 25.5. The van der Waals surface area contributed by atoms with Crippen molar-refractivity contribution in [2.45, 2.75) is 59.2 Å². The lowest BCUT2D eigenvalue weighted by Crippen LogP contribution is -2.41. The van der Waals surface area contributed by atoms with Crippen molar-refractivity contribution in [2.24, 2.45) is 0 Å². The van der Waals surface area contributed by atoms with Crippen LogP contribution in [-0.4, -0.2) is 63.0 Å². The summed E-state index contributed by atoms with van der Waals surface area (Å²) < 4.78 is 17.6. The second kappa shape index (κ2) is 10.4. The van der Waals surface area contributed by atoms with E-state index in [0.29, 0.717) is 55.6 Å². The first kappa shape index (κ1) is 22.7. The zero-order valence-corrected chi connectivity index (χ0v) is 18.5. The summed E-state index contributed by atoms with van der Waals surface area (Å²) in [5.74, 6) is 1.48. The van der Waals surface area contributed by atoms with E-state index >= 15 is 0 Å². The van der Waals surface area contributed by atoms with E-state index in [0.717, 1.165) is 17.8 Å². The smallest absolute Gasteiger partial charge is 0.407 e. The molecule has 168 valence electrons. The highest BCUT2D eigenvalue weighted by Gasteiger charge is 2.25. The van der Waals surface area contributed by atoms with Crippen molar-refractivity contribution < 1.29 is 24.1 Å². The Morgan fingerprint density at radius 1 is 1.19 bits per heavy atom. The van der Waals surface area contributed by atoms with Gasteiger partial charge in [0.25, 0.3) is 0 Å². The molecule has 3 heterocycles. The molecule has 1 aliphatic rings. The van der Waals surface area contributed by atoms with Crippen LogP contribution >= 0.6 is 0 Å². The quantitative estimate of drug-likeness (QED) is 0.674. The van der Waals surface area contributed by atoms with Gasteiger partial charge in [-0.05, 0) is 39.8 Å². The number of carboxylic acid groups (broad SMARTS) is 1. The number of aromatic nitrogens is 3. The summed E-state index contributed by atoms with van der Waals surface area (Å²) in [6.07, 6.45) is 2.61. The molecule has 1 fully saturated rings. The van der Waals surface area contributed by atoms with Crippen LogP contribution in [0.5, 0.6) is 17.5 Å². The first-order valence-corrected chi connectivity index (χ1v) is 10.6. The fourth-order valence-corrected chi connectivity index (χ4v) is 3.31. The van der Waals surface area contributed by atoms with Gasteiger partial charge < -0.3 is 24.2 Å². The molecule has 0 aliphatic carbocycles. The Morgan fingerprint density at radius 3 is 2.55 bits per heavy atom. The minimum absolute atomic E-state index is 0.0900. The first-order chi connectivity index (χ1) is 14.8. The van der Waals surface area contributed by atoms with E-state index in [-0.39, 0.29) is 12.2 Å². The van der Waals surface area contributed by atoms with Crippen molar-refractivity contribution in [1.82, 2.24) is 19.9 Å². The number of carbonyl (C=O) groups is 1. The predicted molar refractivity (Wildman–Crippen MR) is 114 cm³/mol. The predicted octanol–water partition coefficient (Wildman–Crippen LogP) is 3.77. The highest BCUT2D eigenvalue weighted by Crippen LogP contribution is 2.30. The average molecular weight is 431 g/mol. The summed E-state index contributed by atoms with van der Waals surface area (Å²) >= 11 is 0. The maximum absolute atomic E-state index is 11.1. The van der Waals surface area contributed by atoms with Gasteiger partial charge in [-0.1, -0.05) is 0 Å². The Labute approximate surface area is 182 Å². The van der Waals surface area contributed by atoms with E-state index in [2.05, 4.69) is 15.0 Å². The van der Waals surface area contributed by atoms with Crippen molar-refractivity contribution >= 4 is 6.09 Å². The van der Waals surface area contributed by atoms with Crippen LogP contribution in [-0.2, 0) is 11.2 Å². The largest absolute Gasteiger partial charge is 0.474 e. The van der Waals surface area contributed by atoms with Crippen LogP contribution in [0.4, 0.5) is 4.79 Å². The van der Waals surface area contributed by atoms with Crippen LogP contribution in [0.15, 0.2) is 18.5 Å². The highest BCUT2D eigenvalue weighted by molar-refractivity contribution is 5.65. The molecule has 1 amide bonds. The van der Waals surface area contributed by atoms with Gasteiger partial charge in [0.05, 0.1) is 24.0 Å². The molecule has 2 aromatic rings. The fraction of sp³-hybridized carbons (Fsp3) is 0.545. The van der Waals surface area contributed by atoms with Gasteiger partial charge in [0.1, 0.15) is 12.4 Å². The molecule has 0 atom stereocenters. The summed E-state index contributed by atoms with van der Waals surface area (Å²) in [6, 6.07) is 3.81. The molecule has 2 aromatic heterocycles. The molecule has 0 saturated carbocycles. The minimum Gasteiger partial charge on any atom is -0.474 e. The zero-order valence-electron chi connectivity index (χ0n) is 18.5. The molecule has 0 aromatic carbocycles. The van der Waals surface area contributed by atoms with E-state index in [4.69, 9.17) is 19.3 Å². The number of rotatable bonds is 8. The van der Waals surface area contributed by atoms with Crippen molar-refractivity contribution in [3.05, 3.63) is 35.4 Å². The number of hydrogen-bond donors (Lipinski definition) is 1. The number of hydrogen-bond acceptors (Lipinski definition) is 7. The highest BCUT2D eigenvalue weighted by atomic mass is 16.5. The molecule has 0 radical (unpaired) electrons. The molecule has 0 spiro atoms. The van der Waals surface area contributed by atoms with E-state index in [1.165, 1.54) is 11.2 Å². The van der Waals surface area contributed by atoms with Crippen LogP contribution in [0.3, 0.4) is 0 Å². The molecule has 31 heavy (non-hydrogen) atoms. The molecule has 0 unspecified atom stereocenters.